The van der Waals surface area contributed by atoms with Gasteiger partial charge in [0.25, 0.3) is 0 Å². The number of carbonyl (C=O) groups is 1. The molecule has 90 valence electrons. The van der Waals surface area contributed by atoms with E-state index in [1.165, 1.54) is 0 Å². The fourth-order valence-corrected chi connectivity index (χ4v) is 1.45. The Hall–Kier alpha value is -1.36. The van der Waals surface area contributed by atoms with Crippen molar-refractivity contribution in [3.63, 3.8) is 0 Å². The molecule has 16 heavy (non-hydrogen) atoms. The van der Waals surface area contributed by atoms with Crippen molar-refractivity contribution in [2.45, 2.75) is 19.9 Å². The summed E-state index contributed by atoms with van der Waals surface area (Å²) in [6.45, 7) is 4.41. The first kappa shape index (κ1) is 12.7. The Morgan fingerprint density at radius 3 is 2.69 bits per heavy atom. The van der Waals surface area contributed by atoms with E-state index in [9.17, 15) is 4.79 Å². The van der Waals surface area contributed by atoms with Crippen LogP contribution < -0.4 is 5.32 Å². The van der Waals surface area contributed by atoms with Crippen molar-refractivity contribution in [3.05, 3.63) is 17.5 Å². The SMILES string of the molecule is Cc1c(C(C)NCC(=O)N(C)C)cnn1C. The minimum Gasteiger partial charge on any atom is -0.348 e. The molecule has 0 saturated carbocycles. The van der Waals surface area contributed by atoms with Gasteiger partial charge in [0.2, 0.25) is 5.91 Å². The number of aromatic nitrogens is 2. The Balaban J connectivity index is 2.56. The van der Waals surface area contributed by atoms with Crippen LogP contribution >= 0.6 is 0 Å². The van der Waals surface area contributed by atoms with Gasteiger partial charge in [-0.25, -0.2) is 0 Å². The van der Waals surface area contributed by atoms with E-state index < -0.39 is 0 Å². The van der Waals surface area contributed by atoms with Gasteiger partial charge in [0.15, 0.2) is 0 Å². The lowest BCUT2D eigenvalue weighted by Gasteiger charge is -2.15. The second-order valence-electron chi connectivity index (χ2n) is 4.20. The van der Waals surface area contributed by atoms with E-state index in [4.69, 9.17) is 0 Å². The summed E-state index contributed by atoms with van der Waals surface area (Å²) in [6, 6.07) is 0.137. The number of nitrogens with zero attached hydrogens (tertiary/aromatic N) is 3. The number of carbonyl (C=O) groups excluding carboxylic acids is 1. The zero-order valence-corrected chi connectivity index (χ0v) is 10.6. The predicted octanol–water partition coefficient (Wildman–Crippen LogP) is 0.467. The molecule has 0 saturated heterocycles. The van der Waals surface area contributed by atoms with Crippen LogP contribution in [0.3, 0.4) is 0 Å². The number of amides is 1. The summed E-state index contributed by atoms with van der Waals surface area (Å²) >= 11 is 0. The third kappa shape index (κ3) is 2.82. The highest BCUT2D eigenvalue weighted by molar-refractivity contribution is 5.77. The smallest absolute Gasteiger partial charge is 0.236 e. The Kier molecular flexibility index (Phi) is 4.06. The lowest BCUT2D eigenvalue weighted by Crippen LogP contribution is -2.34. The summed E-state index contributed by atoms with van der Waals surface area (Å²) < 4.78 is 1.83. The Labute approximate surface area is 96.4 Å². The average molecular weight is 224 g/mol. The highest BCUT2D eigenvalue weighted by atomic mass is 16.2. The lowest BCUT2D eigenvalue weighted by molar-refractivity contribution is -0.127. The molecule has 1 N–H and O–H groups in total. The van der Waals surface area contributed by atoms with Gasteiger partial charge in [-0.3, -0.25) is 9.48 Å². The molecule has 1 amide bonds. The second kappa shape index (κ2) is 5.12. The predicted molar refractivity (Wildman–Crippen MR) is 63.1 cm³/mol. The van der Waals surface area contributed by atoms with Gasteiger partial charge in [0, 0.05) is 38.4 Å². The van der Waals surface area contributed by atoms with Crippen LogP contribution in [0.15, 0.2) is 6.20 Å². The van der Waals surface area contributed by atoms with Gasteiger partial charge < -0.3 is 10.2 Å². The topological polar surface area (TPSA) is 50.2 Å². The van der Waals surface area contributed by atoms with Crippen LogP contribution in [0.1, 0.15) is 24.2 Å². The molecule has 1 heterocycles. The quantitative estimate of drug-likeness (QED) is 0.808. The monoisotopic (exact) mass is 224 g/mol. The summed E-state index contributed by atoms with van der Waals surface area (Å²) in [4.78, 5) is 13.0. The molecule has 1 aromatic rings. The number of likely N-dealkylation sites (N-methyl/N-ethyl adjacent to an activating group) is 1. The Bertz CT molecular complexity index is 370. The van der Waals surface area contributed by atoms with Crippen molar-refractivity contribution in [2.75, 3.05) is 20.6 Å². The molecule has 0 radical (unpaired) electrons. The number of aryl methyl sites for hydroxylation is 1. The average Bonchev–Trinajstić information content (AvgIpc) is 2.55. The molecule has 0 aromatic carbocycles. The third-order valence-corrected chi connectivity index (χ3v) is 2.80. The largest absolute Gasteiger partial charge is 0.348 e. The number of hydrogen-bond donors (Lipinski definition) is 1. The van der Waals surface area contributed by atoms with Crippen molar-refractivity contribution in [1.29, 1.82) is 0 Å². The van der Waals surface area contributed by atoms with Crippen LogP contribution in [0.5, 0.6) is 0 Å². The molecule has 5 heteroatoms. The fraction of sp³-hybridized carbons (Fsp3) is 0.636. The summed E-state index contributed by atoms with van der Waals surface area (Å²) in [5.74, 6) is 0.0772. The van der Waals surface area contributed by atoms with Gasteiger partial charge in [0.05, 0.1) is 12.7 Å². The zero-order valence-electron chi connectivity index (χ0n) is 10.6. The molecule has 0 aliphatic carbocycles. The maximum absolute atomic E-state index is 11.4. The minimum atomic E-state index is 0.0772. The fourth-order valence-electron chi connectivity index (χ4n) is 1.45. The van der Waals surface area contributed by atoms with Crippen LogP contribution in [-0.4, -0.2) is 41.2 Å². The molecule has 1 unspecified atom stereocenters. The maximum atomic E-state index is 11.4. The van der Waals surface area contributed by atoms with Gasteiger partial charge in [-0.15, -0.1) is 0 Å². The van der Waals surface area contributed by atoms with Crippen molar-refractivity contribution in [2.24, 2.45) is 7.05 Å². The summed E-state index contributed by atoms with van der Waals surface area (Å²) in [5.41, 5.74) is 2.26. The zero-order chi connectivity index (χ0) is 12.3. The van der Waals surface area contributed by atoms with Gasteiger partial charge >= 0.3 is 0 Å². The van der Waals surface area contributed by atoms with E-state index in [1.807, 2.05) is 31.8 Å². The van der Waals surface area contributed by atoms with E-state index in [1.54, 1.807) is 19.0 Å². The van der Waals surface area contributed by atoms with Gasteiger partial charge in [-0.1, -0.05) is 0 Å². The second-order valence-corrected chi connectivity index (χ2v) is 4.20. The highest BCUT2D eigenvalue weighted by Crippen LogP contribution is 2.15. The van der Waals surface area contributed by atoms with Gasteiger partial charge in [0.1, 0.15) is 0 Å². The molecule has 0 fully saturated rings. The van der Waals surface area contributed by atoms with E-state index in [-0.39, 0.29) is 11.9 Å². The number of nitrogens with one attached hydrogen (secondary N) is 1. The van der Waals surface area contributed by atoms with Crippen LogP contribution in [-0.2, 0) is 11.8 Å². The summed E-state index contributed by atoms with van der Waals surface area (Å²) in [6.07, 6.45) is 1.84. The number of rotatable bonds is 4. The Morgan fingerprint density at radius 2 is 2.25 bits per heavy atom. The van der Waals surface area contributed by atoms with Gasteiger partial charge in [-0.2, -0.15) is 5.10 Å². The maximum Gasteiger partial charge on any atom is 0.236 e. The molecule has 1 atom stereocenters. The molecule has 1 aromatic heterocycles. The van der Waals surface area contributed by atoms with Gasteiger partial charge in [-0.05, 0) is 13.8 Å². The Morgan fingerprint density at radius 1 is 1.62 bits per heavy atom. The van der Waals surface area contributed by atoms with E-state index in [2.05, 4.69) is 10.4 Å². The van der Waals surface area contributed by atoms with Crippen molar-refractivity contribution in [1.82, 2.24) is 20.0 Å². The minimum absolute atomic E-state index is 0.0772. The van der Waals surface area contributed by atoms with E-state index in [0.29, 0.717) is 6.54 Å². The van der Waals surface area contributed by atoms with E-state index >= 15 is 0 Å². The van der Waals surface area contributed by atoms with Crippen LogP contribution in [0, 0.1) is 6.92 Å². The summed E-state index contributed by atoms with van der Waals surface area (Å²) in [7, 11) is 5.42. The third-order valence-electron chi connectivity index (χ3n) is 2.80. The van der Waals surface area contributed by atoms with Crippen LogP contribution in [0.25, 0.3) is 0 Å². The van der Waals surface area contributed by atoms with Crippen LogP contribution in [0.4, 0.5) is 0 Å². The normalized spacial score (nSPS) is 12.6. The summed E-state index contributed by atoms with van der Waals surface area (Å²) in [5, 5.41) is 7.37. The van der Waals surface area contributed by atoms with Crippen molar-refractivity contribution >= 4 is 5.91 Å². The first-order chi connectivity index (χ1) is 7.43. The van der Waals surface area contributed by atoms with Crippen LogP contribution in [0.2, 0.25) is 0 Å². The molecular weight excluding hydrogens is 204 g/mol. The van der Waals surface area contributed by atoms with Crippen molar-refractivity contribution < 1.29 is 4.79 Å². The number of hydrogen-bond acceptors (Lipinski definition) is 3. The first-order valence-electron chi connectivity index (χ1n) is 5.35. The molecular formula is C11H20N4O. The lowest BCUT2D eigenvalue weighted by atomic mass is 10.1. The first-order valence-corrected chi connectivity index (χ1v) is 5.35. The molecule has 0 aliphatic heterocycles. The molecule has 0 spiro atoms. The van der Waals surface area contributed by atoms with E-state index in [0.717, 1.165) is 11.3 Å². The standard InChI is InChI=1S/C11H20N4O/c1-8(12-7-11(16)14(3)4)10-6-13-15(5)9(10)2/h6,8,12H,7H2,1-5H3. The molecule has 5 nitrogen and oxygen atoms in total. The molecule has 0 aliphatic rings. The highest BCUT2D eigenvalue weighted by Gasteiger charge is 2.13. The molecule has 1 rings (SSSR count). The van der Waals surface area contributed by atoms with Crippen molar-refractivity contribution in [3.8, 4) is 0 Å². The molecule has 0 bridgehead atoms.